The van der Waals surface area contributed by atoms with E-state index in [2.05, 4.69) is 42.2 Å². The molecular formula is C30H32F3N7O2. The van der Waals surface area contributed by atoms with Crippen LogP contribution in [0.15, 0.2) is 61.1 Å². The third kappa shape index (κ3) is 7.00. The number of ketones is 1. The highest BCUT2D eigenvalue weighted by molar-refractivity contribution is 5.95. The number of rotatable bonds is 9. The number of aryl methyl sites for hydroxylation is 1. The summed E-state index contributed by atoms with van der Waals surface area (Å²) in [6.07, 6.45) is 0.682. The van der Waals surface area contributed by atoms with Crippen molar-refractivity contribution in [3.8, 4) is 16.9 Å². The molecule has 1 aliphatic rings. The molecule has 42 heavy (non-hydrogen) atoms. The minimum atomic E-state index is -4.56. The van der Waals surface area contributed by atoms with Gasteiger partial charge in [0.1, 0.15) is 11.4 Å². The first-order chi connectivity index (χ1) is 20.2. The third-order valence-electron chi connectivity index (χ3n) is 7.30. The Morgan fingerprint density at radius 3 is 2.71 bits per heavy atom. The van der Waals surface area contributed by atoms with Gasteiger partial charge in [0.25, 0.3) is 0 Å². The monoisotopic (exact) mass is 579 g/mol. The predicted octanol–water partition coefficient (Wildman–Crippen LogP) is 4.64. The van der Waals surface area contributed by atoms with E-state index in [4.69, 9.17) is 4.74 Å². The molecule has 0 unspecified atom stereocenters. The number of alkyl halides is 3. The fourth-order valence-corrected chi connectivity index (χ4v) is 4.98. The Kier molecular flexibility index (Phi) is 8.93. The van der Waals surface area contributed by atoms with Crippen molar-refractivity contribution in [1.82, 2.24) is 29.9 Å². The second-order valence-corrected chi connectivity index (χ2v) is 10.2. The normalized spacial score (nSPS) is 14.6. The van der Waals surface area contributed by atoms with Gasteiger partial charge in [-0.3, -0.25) is 19.7 Å². The van der Waals surface area contributed by atoms with Crippen molar-refractivity contribution in [3.63, 3.8) is 0 Å². The van der Waals surface area contributed by atoms with Crippen LogP contribution in [0.2, 0.25) is 0 Å². The summed E-state index contributed by atoms with van der Waals surface area (Å²) in [5.41, 5.74) is 3.38. The van der Waals surface area contributed by atoms with E-state index in [0.29, 0.717) is 22.6 Å². The highest BCUT2D eigenvalue weighted by atomic mass is 19.4. The van der Waals surface area contributed by atoms with Gasteiger partial charge in [0.15, 0.2) is 5.78 Å². The number of aromatic nitrogens is 5. The van der Waals surface area contributed by atoms with Gasteiger partial charge in [-0.25, -0.2) is 4.68 Å². The minimum absolute atomic E-state index is 0.156. The van der Waals surface area contributed by atoms with Crippen LogP contribution < -0.4 is 4.90 Å². The molecule has 12 heteroatoms. The number of pyridine rings is 2. The van der Waals surface area contributed by atoms with Crippen molar-refractivity contribution in [3.05, 3.63) is 83.6 Å². The summed E-state index contributed by atoms with van der Waals surface area (Å²) in [7, 11) is 1.73. The van der Waals surface area contributed by atoms with Gasteiger partial charge < -0.3 is 9.64 Å². The zero-order chi connectivity index (χ0) is 29.7. The van der Waals surface area contributed by atoms with Crippen molar-refractivity contribution in [1.29, 1.82) is 0 Å². The quantitative estimate of drug-likeness (QED) is 0.265. The van der Waals surface area contributed by atoms with Gasteiger partial charge in [-0.2, -0.15) is 13.2 Å². The minimum Gasteiger partial charge on any atom is -0.383 e. The average molecular weight is 580 g/mol. The van der Waals surface area contributed by atoms with Crippen LogP contribution in [0.4, 0.5) is 18.9 Å². The molecule has 1 fully saturated rings. The van der Waals surface area contributed by atoms with E-state index in [1.807, 2.05) is 19.1 Å². The molecule has 0 atom stereocenters. The second-order valence-electron chi connectivity index (χ2n) is 10.2. The molecule has 9 nitrogen and oxygen atoms in total. The fourth-order valence-electron chi connectivity index (χ4n) is 4.98. The first-order valence-corrected chi connectivity index (χ1v) is 13.7. The molecule has 220 valence electrons. The smallest absolute Gasteiger partial charge is 0.383 e. The number of carbonyl (C=O) groups is 1. The summed E-state index contributed by atoms with van der Waals surface area (Å²) in [6, 6.07) is 11.6. The molecule has 0 saturated carbocycles. The summed E-state index contributed by atoms with van der Waals surface area (Å²) in [6.45, 7) is 7.37. The zero-order valence-electron chi connectivity index (χ0n) is 23.5. The number of anilines is 1. The predicted molar refractivity (Wildman–Crippen MR) is 152 cm³/mol. The van der Waals surface area contributed by atoms with E-state index in [0.717, 1.165) is 75.3 Å². The number of hydrogen-bond acceptors (Lipinski definition) is 8. The number of ether oxygens (including phenoxy) is 1. The summed E-state index contributed by atoms with van der Waals surface area (Å²) < 4.78 is 46.1. The Bertz CT molecular complexity index is 1540. The van der Waals surface area contributed by atoms with E-state index >= 15 is 0 Å². The molecule has 0 radical (unpaired) electrons. The second kappa shape index (κ2) is 12.8. The molecule has 1 aromatic carbocycles. The molecule has 1 saturated heterocycles. The first kappa shape index (κ1) is 29.3. The van der Waals surface area contributed by atoms with E-state index in [1.165, 1.54) is 6.20 Å². The lowest BCUT2D eigenvalue weighted by Crippen LogP contribution is -2.32. The molecule has 3 aromatic heterocycles. The maximum atomic E-state index is 13.1. The van der Waals surface area contributed by atoms with E-state index in [9.17, 15) is 18.0 Å². The van der Waals surface area contributed by atoms with Crippen LogP contribution in [0.1, 0.15) is 33.7 Å². The van der Waals surface area contributed by atoms with Gasteiger partial charge in [0.2, 0.25) is 0 Å². The molecule has 0 spiro atoms. The largest absolute Gasteiger partial charge is 0.416 e. The van der Waals surface area contributed by atoms with Crippen LogP contribution in [0.3, 0.4) is 0 Å². The van der Waals surface area contributed by atoms with Crippen molar-refractivity contribution < 1.29 is 22.7 Å². The fraction of sp³-hybridized carbons (Fsp3) is 0.367. The van der Waals surface area contributed by atoms with Crippen molar-refractivity contribution in [2.75, 3.05) is 51.3 Å². The number of methoxy groups -OCH3 is 1. The molecule has 5 rings (SSSR count). The van der Waals surface area contributed by atoms with E-state index in [-0.39, 0.29) is 12.1 Å². The topological polar surface area (TPSA) is 89.3 Å². The van der Waals surface area contributed by atoms with Crippen LogP contribution in [-0.4, -0.2) is 82.1 Å². The van der Waals surface area contributed by atoms with Gasteiger partial charge >= 0.3 is 6.18 Å². The van der Waals surface area contributed by atoms with Gasteiger partial charge in [-0.05, 0) is 55.8 Å². The summed E-state index contributed by atoms with van der Waals surface area (Å²) in [5.74, 6) is -0.538. The zero-order valence-corrected chi connectivity index (χ0v) is 23.5. The molecule has 1 aliphatic heterocycles. The van der Waals surface area contributed by atoms with Gasteiger partial charge in [-0.15, -0.1) is 5.10 Å². The third-order valence-corrected chi connectivity index (χ3v) is 7.30. The number of Topliss-reactive ketones (excluding diaryl/α,β-unsaturated/α-hetero) is 1. The standard InChI is InChI=1S/C30H32F3N7O2/c1-21-28(15-22(19-35-21)16-29(41)26-18-24(7-8-34-26)30(31,32)33)40-20-27(36-37-40)23-5-3-6-25(17-23)39-10-4-9-38(11-12-39)13-14-42-2/h3,5-8,15,17-20H,4,9-14,16H2,1-2H3. The molecule has 0 aliphatic carbocycles. The Morgan fingerprint density at radius 2 is 1.90 bits per heavy atom. The Balaban J connectivity index is 1.31. The van der Waals surface area contributed by atoms with Gasteiger partial charge in [-0.1, -0.05) is 17.3 Å². The number of halogens is 3. The van der Waals surface area contributed by atoms with Crippen LogP contribution in [0.5, 0.6) is 0 Å². The van der Waals surface area contributed by atoms with Gasteiger partial charge in [0, 0.05) is 63.4 Å². The van der Waals surface area contributed by atoms with Crippen LogP contribution in [0.25, 0.3) is 16.9 Å². The number of benzene rings is 1. The molecule has 0 amide bonds. The maximum Gasteiger partial charge on any atom is 0.416 e. The Labute approximate surface area is 242 Å². The van der Waals surface area contributed by atoms with Crippen LogP contribution in [-0.2, 0) is 17.3 Å². The molecule has 0 N–H and O–H groups in total. The van der Waals surface area contributed by atoms with Gasteiger partial charge in [0.05, 0.1) is 29.7 Å². The van der Waals surface area contributed by atoms with Crippen LogP contribution in [0, 0.1) is 6.92 Å². The number of carbonyl (C=O) groups excluding carboxylic acids is 1. The van der Waals surface area contributed by atoms with Crippen molar-refractivity contribution in [2.24, 2.45) is 0 Å². The Hall–Kier alpha value is -4.16. The average Bonchev–Trinajstić information content (AvgIpc) is 3.36. The summed E-state index contributed by atoms with van der Waals surface area (Å²) in [5, 5.41) is 8.70. The summed E-state index contributed by atoms with van der Waals surface area (Å²) >= 11 is 0. The highest BCUT2D eigenvalue weighted by Crippen LogP contribution is 2.29. The summed E-state index contributed by atoms with van der Waals surface area (Å²) in [4.78, 5) is 25.8. The Morgan fingerprint density at radius 1 is 1.05 bits per heavy atom. The number of nitrogens with zero attached hydrogens (tertiary/aromatic N) is 7. The molecule has 0 bridgehead atoms. The molecular weight excluding hydrogens is 547 g/mol. The first-order valence-electron chi connectivity index (χ1n) is 13.7. The van der Waals surface area contributed by atoms with E-state index < -0.39 is 17.5 Å². The van der Waals surface area contributed by atoms with E-state index in [1.54, 1.807) is 24.1 Å². The lowest BCUT2D eigenvalue weighted by atomic mass is 10.1. The lowest BCUT2D eigenvalue weighted by molar-refractivity contribution is -0.137. The highest BCUT2D eigenvalue weighted by Gasteiger charge is 2.31. The number of hydrogen-bond donors (Lipinski definition) is 0. The molecule has 4 heterocycles. The van der Waals surface area contributed by atoms with Crippen LogP contribution >= 0.6 is 0 Å². The maximum absolute atomic E-state index is 13.1. The molecule has 4 aromatic rings. The van der Waals surface area contributed by atoms with Crippen molar-refractivity contribution in [2.45, 2.75) is 25.9 Å². The lowest BCUT2D eigenvalue weighted by Gasteiger charge is -2.24. The SMILES string of the molecule is COCCN1CCCN(c2cccc(-c3cn(-c4cc(CC(=O)c5cc(C(F)(F)F)ccn5)cnc4C)nn3)c2)CC1. The van der Waals surface area contributed by atoms with Crippen molar-refractivity contribution >= 4 is 11.5 Å².